The molecule has 11 heteroatoms. The van der Waals surface area contributed by atoms with Gasteiger partial charge in [-0.2, -0.15) is 0 Å². The van der Waals surface area contributed by atoms with E-state index in [1.807, 2.05) is 12.1 Å². The molecule has 0 radical (unpaired) electrons. The average Bonchev–Trinajstić information content (AvgIpc) is 3.35. The number of aromatic hydroxyl groups is 2. The van der Waals surface area contributed by atoms with Gasteiger partial charge < -0.3 is 30.6 Å². The number of benzene rings is 4. The Morgan fingerprint density at radius 2 is 0.732 bits per heavy atom. The molecule has 4 rings (SSSR count). The summed E-state index contributed by atoms with van der Waals surface area (Å²) in [6.07, 6.45) is 26.5. The van der Waals surface area contributed by atoms with Crippen LogP contribution in [0.4, 0.5) is 11.4 Å². The van der Waals surface area contributed by atoms with E-state index in [1.54, 1.807) is 0 Å². The SMILES string of the molecule is CCCCCCC(=Nc1ccccc1)C(CCCCCC)=Nc1ccccc1.CCCCCc1cc(O)c([O-])c(C(=O)O)c1CCCCC.CCCCCc1cc(O)c([O-])c(C(=O)O)c1CCCCC.[Pd+2]. The van der Waals surface area contributed by atoms with Crippen LogP contribution in [0.3, 0.4) is 0 Å². The van der Waals surface area contributed by atoms with Gasteiger partial charge in [-0.15, -0.1) is 0 Å². The van der Waals surface area contributed by atoms with Gasteiger partial charge in [-0.3, -0.25) is 9.98 Å². The maximum absolute atomic E-state index is 11.9. The molecule has 0 fully saturated rings. The summed E-state index contributed by atoms with van der Waals surface area (Å²) in [5, 5.41) is 61.9. The van der Waals surface area contributed by atoms with Gasteiger partial charge in [0.15, 0.2) is 0 Å². The third-order valence-corrected chi connectivity index (χ3v) is 12.4. The molecule has 4 N–H and O–H groups in total. The molecule has 71 heavy (non-hydrogen) atoms. The van der Waals surface area contributed by atoms with Crippen molar-refractivity contribution in [2.45, 2.75) is 208 Å². The van der Waals surface area contributed by atoms with Gasteiger partial charge in [0.25, 0.3) is 0 Å². The van der Waals surface area contributed by atoms with E-state index in [2.05, 4.69) is 90.1 Å². The third-order valence-electron chi connectivity index (χ3n) is 12.4. The van der Waals surface area contributed by atoms with Crippen LogP contribution in [-0.4, -0.2) is 43.8 Å². The van der Waals surface area contributed by atoms with Crippen molar-refractivity contribution in [3.05, 3.63) is 106 Å². The molecule has 4 aromatic rings. The first-order valence-electron chi connectivity index (χ1n) is 26.7. The van der Waals surface area contributed by atoms with Crippen LogP contribution in [0, 0.1) is 0 Å². The molecule has 0 heterocycles. The van der Waals surface area contributed by atoms with Crippen molar-refractivity contribution >= 4 is 34.7 Å². The van der Waals surface area contributed by atoms with Crippen molar-refractivity contribution < 1.29 is 60.7 Å². The molecule has 0 spiro atoms. The van der Waals surface area contributed by atoms with Crippen molar-refractivity contribution in [3.8, 4) is 23.0 Å². The number of phenols is 2. The molecule has 10 nitrogen and oxygen atoms in total. The fourth-order valence-electron chi connectivity index (χ4n) is 8.48. The van der Waals surface area contributed by atoms with Crippen molar-refractivity contribution in [1.29, 1.82) is 0 Å². The predicted molar refractivity (Wildman–Crippen MR) is 287 cm³/mol. The Bertz CT molecular complexity index is 2000. The van der Waals surface area contributed by atoms with E-state index in [0.29, 0.717) is 36.8 Å². The summed E-state index contributed by atoms with van der Waals surface area (Å²) in [6.45, 7) is 12.9. The van der Waals surface area contributed by atoms with Gasteiger partial charge in [0, 0.05) is 0 Å². The average molecular weight is 1070 g/mol. The van der Waals surface area contributed by atoms with Crippen molar-refractivity contribution in [2.75, 3.05) is 0 Å². The normalized spacial score (nSPS) is 11.2. The van der Waals surface area contributed by atoms with Gasteiger partial charge in [-0.1, -0.05) is 179 Å². The largest absolute Gasteiger partial charge is 2.00 e. The van der Waals surface area contributed by atoms with E-state index in [9.17, 15) is 40.2 Å². The summed E-state index contributed by atoms with van der Waals surface area (Å²) in [5.74, 6) is -4.88. The summed E-state index contributed by atoms with van der Waals surface area (Å²) in [6, 6.07) is 23.6. The van der Waals surface area contributed by atoms with Gasteiger partial charge >= 0.3 is 32.4 Å². The number of carbonyl (C=O) groups is 2. The monoisotopic (exact) mass is 1070 g/mol. The molecule has 0 aliphatic carbocycles. The number of rotatable bonds is 31. The van der Waals surface area contributed by atoms with Crippen LogP contribution in [0.5, 0.6) is 23.0 Å². The minimum atomic E-state index is -1.24. The van der Waals surface area contributed by atoms with E-state index in [-0.39, 0.29) is 31.5 Å². The second-order valence-corrected chi connectivity index (χ2v) is 18.3. The Morgan fingerprint density at radius 3 is 1.03 bits per heavy atom. The molecular weight excluding hydrogens is 983 g/mol. The molecule has 0 atom stereocenters. The Morgan fingerprint density at radius 1 is 0.437 bits per heavy atom. The second kappa shape index (κ2) is 38.7. The zero-order chi connectivity index (χ0) is 51.5. The van der Waals surface area contributed by atoms with E-state index in [1.165, 1.54) is 74.9 Å². The van der Waals surface area contributed by atoms with Crippen LogP contribution < -0.4 is 10.2 Å². The molecule has 0 amide bonds. The fraction of sp³-hybridized carbons (Fsp3) is 0.533. The Labute approximate surface area is 440 Å². The smallest absolute Gasteiger partial charge is 0.869 e. The van der Waals surface area contributed by atoms with E-state index < -0.39 is 34.9 Å². The van der Waals surface area contributed by atoms with Gasteiger partial charge in [-0.05, 0) is 136 Å². The summed E-state index contributed by atoms with van der Waals surface area (Å²) in [4.78, 5) is 32.9. The van der Waals surface area contributed by atoms with Gasteiger partial charge in [-0.25, -0.2) is 9.59 Å². The zero-order valence-corrected chi connectivity index (χ0v) is 45.5. The molecule has 0 aliphatic rings. The molecule has 0 unspecified atom stereocenters. The maximum Gasteiger partial charge on any atom is 2.00 e. The van der Waals surface area contributed by atoms with Crippen molar-refractivity contribution in [2.24, 2.45) is 9.98 Å². The summed E-state index contributed by atoms with van der Waals surface area (Å²) >= 11 is 0. The summed E-state index contributed by atoms with van der Waals surface area (Å²) in [5.41, 5.74) is 6.79. The minimum absolute atomic E-state index is 0. The van der Waals surface area contributed by atoms with Gasteiger partial charge in [0.1, 0.15) is 11.5 Å². The quantitative estimate of drug-likeness (QED) is 0.0218. The molecule has 0 aromatic heterocycles. The number of carboxylic acids is 2. The number of aliphatic imine (C=N–C) groups is 2. The van der Waals surface area contributed by atoms with Crippen molar-refractivity contribution in [1.82, 2.24) is 0 Å². The molecule has 0 bridgehead atoms. The summed E-state index contributed by atoms with van der Waals surface area (Å²) in [7, 11) is 0. The molecule has 0 saturated heterocycles. The maximum atomic E-state index is 11.9. The number of nitrogens with zero attached hydrogens (tertiary/aromatic N) is 2. The molecule has 0 saturated carbocycles. The first kappa shape index (κ1) is 64.0. The predicted octanol–water partition coefficient (Wildman–Crippen LogP) is 15.7. The van der Waals surface area contributed by atoms with Crippen LogP contribution in [0.1, 0.15) is 226 Å². The summed E-state index contributed by atoms with van der Waals surface area (Å²) < 4.78 is 0. The number of hydrogen-bond acceptors (Lipinski definition) is 8. The molecule has 394 valence electrons. The Hall–Kier alpha value is -4.98. The number of para-hydroxylation sites is 2. The number of hydrogen-bond donors (Lipinski definition) is 4. The van der Waals surface area contributed by atoms with Crippen molar-refractivity contribution in [3.63, 3.8) is 0 Å². The van der Waals surface area contributed by atoms with Gasteiger partial charge in [0.05, 0.1) is 33.9 Å². The third kappa shape index (κ3) is 24.3. The van der Waals surface area contributed by atoms with E-state index >= 15 is 0 Å². The van der Waals surface area contributed by atoms with Crippen LogP contribution in [0.15, 0.2) is 82.8 Å². The Balaban J connectivity index is 0.000000538. The molecule has 0 aliphatic heterocycles. The molecular formula is C60H86N2O8Pd. The number of aromatic carboxylic acids is 2. The Kier molecular flexibility index (Phi) is 34.9. The van der Waals surface area contributed by atoms with Crippen LogP contribution in [-0.2, 0) is 46.1 Å². The first-order valence-corrected chi connectivity index (χ1v) is 26.7. The van der Waals surface area contributed by atoms with Crippen LogP contribution in [0.2, 0.25) is 0 Å². The van der Waals surface area contributed by atoms with Crippen LogP contribution in [0.25, 0.3) is 0 Å². The first-order chi connectivity index (χ1) is 33.9. The molecule has 4 aromatic carbocycles. The van der Waals surface area contributed by atoms with E-state index in [0.717, 1.165) is 112 Å². The number of aryl methyl sites for hydroxylation is 2. The minimum Gasteiger partial charge on any atom is -0.869 e. The second-order valence-electron chi connectivity index (χ2n) is 18.3. The van der Waals surface area contributed by atoms with E-state index in [4.69, 9.17) is 9.98 Å². The number of phenolic OH excluding ortho intramolecular Hbond substituents is 2. The number of carboxylic acid groups (broad SMARTS) is 2. The zero-order valence-electron chi connectivity index (χ0n) is 43.9. The van der Waals surface area contributed by atoms with Crippen LogP contribution >= 0.6 is 0 Å². The number of unbranched alkanes of at least 4 members (excludes halogenated alkanes) is 14. The van der Waals surface area contributed by atoms with Gasteiger partial charge in [0.2, 0.25) is 0 Å². The fourth-order valence-corrected chi connectivity index (χ4v) is 8.48. The topological polar surface area (TPSA) is 186 Å². The standard InChI is InChI=1S/C26H36N2.2C17H26O4.Pd/c1-3-5-7-15-21-25(27-23-17-11-9-12-18-23)26(22-16-8-6-4-2)28-24-19-13-10-14-20-24;2*1-3-5-7-9-12-11-14(18)16(19)15(17(20)21)13(12)10-8-6-4-2;/h9-14,17-20H,3-8,15-16,21-22H2,1-2H3;2*11,18-19H,3-10H2,1-2H3,(H,20,21);/q;;;+2/p-2.